The van der Waals surface area contributed by atoms with Gasteiger partial charge in [-0.15, -0.1) is 10.2 Å². The van der Waals surface area contributed by atoms with E-state index in [4.69, 9.17) is 5.26 Å². The average molecular weight is 225 g/mol. The van der Waals surface area contributed by atoms with E-state index in [0.717, 1.165) is 11.7 Å². The molecular weight excluding hydrogens is 210 g/mol. The lowest BCUT2D eigenvalue weighted by Gasteiger charge is -2.21. The van der Waals surface area contributed by atoms with Crippen LogP contribution in [0.15, 0.2) is 11.5 Å². The van der Waals surface area contributed by atoms with Crippen molar-refractivity contribution in [3.63, 3.8) is 0 Å². The van der Waals surface area contributed by atoms with Gasteiger partial charge in [0, 0.05) is 12.8 Å². The van der Waals surface area contributed by atoms with Crippen molar-refractivity contribution in [1.82, 2.24) is 20.1 Å². The monoisotopic (exact) mass is 225 g/mol. The van der Waals surface area contributed by atoms with Crippen molar-refractivity contribution in [3.05, 3.63) is 6.33 Å². The first-order valence-corrected chi connectivity index (χ1v) is 5.73. The van der Waals surface area contributed by atoms with Gasteiger partial charge >= 0.3 is 0 Å². The fourth-order valence-corrected chi connectivity index (χ4v) is 2.07. The summed E-state index contributed by atoms with van der Waals surface area (Å²) in [6.07, 6.45) is 1.65. The van der Waals surface area contributed by atoms with E-state index in [0.29, 0.717) is 5.75 Å². The topological polar surface area (TPSA) is 66.5 Å². The summed E-state index contributed by atoms with van der Waals surface area (Å²) in [5.74, 6) is 0.657. The van der Waals surface area contributed by atoms with Crippen LogP contribution < -0.4 is 5.32 Å². The number of nitrogens with zero attached hydrogens (tertiary/aromatic N) is 4. The summed E-state index contributed by atoms with van der Waals surface area (Å²) in [7, 11) is 1.89. The minimum atomic E-state index is -0.509. The molecule has 1 unspecified atom stereocenters. The molecule has 1 atom stereocenters. The number of nitrogens with one attached hydrogen (secondary N) is 1. The van der Waals surface area contributed by atoms with E-state index in [9.17, 15) is 0 Å². The zero-order valence-electron chi connectivity index (χ0n) is 9.19. The average Bonchev–Trinajstić information content (AvgIpc) is 2.62. The molecular formula is C9H15N5S. The molecule has 0 bridgehead atoms. The number of thioether (sulfide) groups is 1. The molecule has 82 valence electrons. The van der Waals surface area contributed by atoms with Crippen LogP contribution in [0, 0.1) is 11.3 Å². The summed E-state index contributed by atoms with van der Waals surface area (Å²) in [6.45, 7) is 4.66. The lowest BCUT2D eigenvalue weighted by atomic mass is 10.1. The van der Waals surface area contributed by atoms with Crippen LogP contribution in [0.1, 0.15) is 13.8 Å². The largest absolute Gasteiger partial charge is 0.312 e. The molecule has 0 aliphatic rings. The quantitative estimate of drug-likeness (QED) is 0.751. The third kappa shape index (κ3) is 3.22. The summed E-state index contributed by atoms with van der Waals surface area (Å²) in [5.41, 5.74) is -0.509. The van der Waals surface area contributed by atoms with Gasteiger partial charge in [-0.05, 0) is 13.5 Å². The standard InChI is InChI=1S/C9H15N5S/c1-4-11-9(2,5-10)6-15-8-13-12-7-14(8)3/h7,11H,4,6H2,1-3H3. The van der Waals surface area contributed by atoms with Crippen molar-refractivity contribution in [2.75, 3.05) is 12.3 Å². The molecule has 1 aromatic heterocycles. The van der Waals surface area contributed by atoms with Gasteiger partial charge in [0.2, 0.25) is 0 Å². The Labute approximate surface area is 93.9 Å². The number of aromatic nitrogens is 3. The van der Waals surface area contributed by atoms with Crippen molar-refractivity contribution in [3.8, 4) is 6.07 Å². The smallest absolute Gasteiger partial charge is 0.190 e. The highest BCUT2D eigenvalue weighted by Crippen LogP contribution is 2.19. The fraction of sp³-hybridized carbons (Fsp3) is 0.667. The normalized spacial score (nSPS) is 14.5. The molecule has 1 heterocycles. The van der Waals surface area contributed by atoms with Gasteiger partial charge in [0.25, 0.3) is 0 Å². The van der Waals surface area contributed by atoms with Crippen LogP contribution in [-0.4, -0.2) is 32.6 Å². The second kappa shape index (κ2) is 5.14. The van der Waals surface area contributed by atoms with E-state index in [1.165, 1.54) is 11.8 Å². The van der Waals surface area contributed by atoms with Gasteiger partial charge in [0.1, 0.15) is 11.9 Å². The van der Waals surface area contributed by atoms with Crippen molar-refractivity contribution in [2.45, 2.75) is 24.5 Å². The Bertz CT molecular complexity index is 356. The van der Waals surface area contributed by atoms with E-state index in [1.807, 2.05) is 25.5 Å². The third-order valence-electron chi connectivity index (χ3n) is 1.97. The first-order valence-electron chi connectivity index (χ1n) is 4.74. The maximum Gasteiger partial charge on any atom is 0.190 e. The molecule has 0 aliphatic carbocycles. The molecule has 5 nitrogen and oxygen atoms in total. The minimum Gasteiger partial charge on any atom is -0.312 e. The Balaban J connectivity index is 2.56. The second-order valence-electron chi connectivity index (χ2n) is 3.49. The molecule has 0 saturated heterocycles. The summed E-state index contributed by atoms with van der Waals surface area (Å²) in [5, 5.41) is 20.8. The van der Waals surface area contributed by atoms with Crippen LogP contribution in [0.2, 0.25) is 0 Å². The van der Waals surface area contributed by atoms with Crippen molar-refractivity contribution < 1.29 is 0 Å². The van der Waals surface area contributed by atoms with Crippen LogP contribution in [-0.2, 0) is 7.05 Å². The minimum absolute atomic E-state index is 0.509. The Morgan fingerprint density at radius 1 is 1.73 bits per heavy atom. The van der Waals surface area contributed by atoms with Crippen LogP contribution in [0.5, 0.6) is 0 Å². The summed E-state index contributed by atoms with van der Waals surface area (Å²) >= 11 is 1.53. The highest BCUT2D eigenvalue weighted by Gasteiger charge is 2.23. The van der Waals surface area contributed by atoms with Crippen LogP contribution in [0.3, 0.4) is 0 Å². The van der Waals surface area contributed by atoms with Gasteiger partial charge in [-0.2, -0.15) is 5.26 Å². The maximum absolute atomic E-state index is 9.05. The zero-order valence-corrected chi connectivity index (χ0v) is 10.0. The Morgan fingerprint density at radius 2 is 2.47 bits per heavy atom. The zero-order chi connectivity index (χ0) is 11.3. The van der Waals surface area contributed by atoms with Gasteiger partial charge in [0.05, 0.1) is 6.07 Å². The highest BCUT2D eigenvalue weighted by atomic mass is 32.2. The van der Waals surface area contributed by atoms with Crippen LogP contribution in [0.25, 0.3) is 0 Å². The number of nitriles is 1. The van der Waals surface area contributed by atoms with E-state index >= 15 is 0 Å². The molecule has 6 heteroatoms. The molecule has 0 radical (unpaired) electrons. The first-order chi connectivity index (χ1) is 7.11. The highest BCUT2D eigenvalue weighted by molar-refractivity contribution is 7.99. The van der Waals surface area contributed by atoms with E-state index in [-0.39, 0.29) is 0 Å². The van der Waals surface area contributed by atoms with Crippen molar-refractivity contribution >= 4 is 11.8 Å². The van der Waals surface area contributed by atoms with E-state index in [1.54, 1.807) is 6.33 Å². The predicted octanol–water partition coefficient (Wildman–Crippen LogP) is 0.799. The lowest BCUT2D eigenvalue weighted by molar-refractivity contribution is 0.510. The van der Waals surface area contributed by atoms with Gasteiger partial charge < -0.3 is 4.57 Å². The summed E-state index contributed by atoms with van der Waals surface area (Å²) in [4.78, 5) is 0. The third-order valence-corrected chi connectivity index (χ3v) is 3.32. The Hall–Kier alpha value is -1.06. The first kappa shape index (κ1) is 12.0. The number of rotatable bonds is 5. The molecule has 15 heavy (non-hydrogen) atoms. The van der Waals surface area contributed by atoms with Gasteiger partial charge in [-0.1, -0.05) is 18.7 Å². The molecule has 0 amide bonds. The molecule has 1 aromatic rings. The SMILES string of the molecule is CCNC(C)(C#N)CSc1nncn1C. The summed E-state index contributed by atoms with van der Waals surface area (Å²) in [6, 6.07) is 2.27. The summed E-state index contributed by atoms with van der Waals surface area (Å²) < 4.78 is 1.84. The molecule has 0 saturated carbocycles. The molecule has 0 aliphatic heterocycles. The fourth-order valence-electron chi connectivity index (χ4n) is 1.13. The Morgan fingerprint density at radius 3 is 2.93 bits per heavy atom. The van der Waals surface area contributed by atoms with Crippen LogP contribution in [0.4, 0.5) is 0 Å². The maximum atomic E-state index is 9.05. The lowest BCUT2D eigenvalue weighted by Crippen LogP contribution is -2.43. The molecule has 1 N–H and O–H groups in total. The van der Waals surface area contributed by atoms with E-state index < -0.39 is 5.54 Å². The van der Waals surface area contributed by atoms with E-state index in [2.05, 4.69) is 21.6 Å². The number of aryl methyl sites for hydroxylation is 1. The molecule has 0 aromatic carbocycles. The number of hydrogen-bond acceptors (Lipinski definition) is 5. The van der Waals surface area contributed by atoms with Crippen molar-refractivity contribution in [1.29, 1.82) is 5.26 Å². The molecule has 0 fully saturated rings. The second-order valence-corrected chi connectivity index (χ2v) is 4.43. The number of hydrogen-bond donors (Lipinski definition) is 1. The van der Waals surface area contributed by atoms with Crippen molar-refractivity contribution in [2.24, 2.45) is 7.05 Å². The van der Waals surface area contributed by atoms with Crippen LogP contribution >= 0.6 is 11.8 Å². The van der Waals surface area contributed by atoms with Gasteiger partial charge in [-0.25, -0.2) is 0 Å². The predicted molar refractivity (Wildman–Crippen MR) is 59.4 cm³/mol. The molecule has 1 rings (SSSR count). The molecule has 0 spiro atoms. The van der Waals surface area contributed by atoms with Gasteiger partial charge in [0.15, 0.2) is 5.16 Å². The van der Waals surface area contributed by atoms with Gasteiger partial charge in [-0.3, -0.25) is 5.32 Å². The Kier molecular flexibility index (Phi) is 4.12.